The average Bonchev–Trinajstić information content (AvgIpc) is 2.76. The van der Waals surface area contributed by atoms with Crippen molar-refractivity contribution >= 4 is 11.8 Å². The SMILES string of the molecule is CN1CCC2(CCCN(C(=O)C3CCCCC3)C2)C1=O. The first-order valence-electron chi connectivity index (χ1n) is 8.17. The third-order valence-electron chi connectivity index (χ3n) is 5.57. The molecule has 1 spiro atoms. The zero-order valence-electron chi connectivity index (χ0n) is 12.6. The number of nitrogens with zero attached hydrogens (tertiary/aromatic N) is 2. The van der Waals surface area contributed by atoms with Crippen molar-refractivity contribution in [2.24, 2.45) is 11.3 Å². The summed E-state index contributed by atoms with van der Waals surface area (Å²) in [6, 6.07) is 0. The minimum atomic E-state index is -0.253. The zero-order valence-corrected chi connectivity index (χ0v) is 12.6. The minimum absolute atomic E-state index is 0.230. The third-order valence-corrected chi connectivity index (χ3v) is 5.57. The Balaban J connectivity index is 1.69. The van der Waals surface area contributed by atoms with Gasteiger partial charge in [-0.3, -0.25) is 9.59 Å². The molecule has 0 aromatic carbocycles. The fraction of sp³-hybridized carbons (Fsp3) is 0.875. The van der Waals surface area contributed by atoms with Gasteiger partial charge in [0, 0.05) is 32.6 Å². The maximum atomic E-state index is 12.7. The van der Waals surface area contributed by atoms with Crippen molar-refractivity contribution in [2.75, 3.05) is 26.7 Å². The number of piperidine rings is 1. The molecule has 1 unspecified atom stereocenters. The van der Waals surface area contributed by atoms with Gasteiger partial charge in [-0.05, 0) is 32.1 Å². The smallest absolute Gasteiger partial charge is 0.230 e. The summed E-state index contributed by atoms with van der Waals surface area (Å²) in [4.78, 5) is 28.9. The molecule has 4 heteroatoms. The molecule has 0 bridgehead atoms. The highest BCUT2D eigenvalue weighted by Gasteiger charge is 2.48. The predicted octanol–water partition coefficient (Wildman–Crippen LogP) is 2.04. The lowest BCUT2D eigenvalue weighted by molar-refractivity contribution is -0.145. The van der Waals surface area contributed by atoms with Crippen molar-refractivity contribution in [1.82, 2.24) is 9.80 Å². The van der Waals surface area contributed by atoms with E-state index < -0.39 is 0 Å². The van der Waals surface area contributed by atoms with Gasteiger partial charge >= 0.3 is 0 Å². The van der Waals surface area contributed by atoms with E-state index in [2.05, 4.69) is 0 Å². The number of hydrogen-bond acceptors (Lipinski definition) is 2. The largest absolute Gasteiger partial charge is 0.345 e. The van der Waals surface area contributed by atoms with Crippen LogP contribution in [0.4, 0.5) is 0 Å². The molecule has 2 heterocycles. The van der Waals surface area contributed by atoms with E-state index in [4.69, 9.17) is 0 Å². The highest BCUT2D eigenvalue weighted by molar-refractivity contribution is 5.86. The van der Waals surface area contributed by atoms with E-state index >= 15 is 0 Å². The van der Waals surface area contributed by atoms with Gasteiger partial charge in [0.1, 0.15) is 0 Å². The first-order valence-corrected chi connectivity index (χ1v) is 8.17. The number of rotatable bonds is 1. The van der Waals surface area contributed by atoms with Crippen molar-refractivity contribution in [3.8, 4) is 0 Å². The van der Waals surface area contributed by atoms with Gasteiger partial charge in [0.2, 0.25) is 11.8 Å². The van der Waals surface area contributed by atoms with E-state index in [0.717, 1.165) is 45.2 Å². The lowest BCUT2D eigenvalue weighted by Crippen LogP contribution is -2.51. The second-order valence-corrected chi connectivity index (χ2v) is 6.96. The Morgan fingerprint density at radius 2 is 1.85 bits per heavy atom. The van der Waals surface area contributed by atoms with Gasteiger partial charge in [-0.2, -0.15) is 0 Å². The average molecular weight is 278 g/mol. The molecule has 0 N–H and O–H groups in total. The summed E-state index contributed by atoms with van der Waals surface area (Å²) >= 11 is 0. The quantitative estimate of drug-likeness (QED) is 0.736. The van der Waals surface area contributed by atoms with Gasteiger partial charge in [-0.1, -0.05) is 19.3 Å². The van der Waals surface area contributed by atoms with Crippen LogP contribution in [0, 0.1) is 11.3 Å². The fourth-order valence-corrected chi connectivity index (χ4v) is 4.30. The van der Waals surface area contributed by atoms with Crippen molar-refractivity contribution in [2.45, 2.75) is 51.4 Å². The molecule has 0 aromatic heterocycles. The van der Waals surface area contributed by atoms with Crippen LogP contribution in [0.5, 0.6) is 0 Å². The summed E-state index contributed by atoms with van der Waals surface area (Å²) in [6.45, 7) is 2.38. The molecular formula is C16H26N2O2. The molecule has 20 heavy (non-hydrogen) atoms. The lowest BCUT2D eigenvalue weighted by atomic mass is 9.77. The Labute approximate surface area is 121 Å². The van der Waals surface area contributed by atoms with E-state index in [0.29, 0.717) is 12.5 Å². The standard InChI is InChI=1S/C16H26N2O2/c1-17-11-9-16(15(17)20)8-5-10-18(12-16)14(19)13-6-3-2-4-7-13/h13H,2-12H2,1H3. The van der Waals surface area contributed by atoms with Crippen LogP contribution in [0.2, 0.25) is 0 Å². The molecule has 2 aliphatic heterocycles. The summed E-state index contributed by atoms with van der Waals surface area (Å²) in [5.41, 5.74) is -0.253. The van der Waals surface area contributed by atoms with Gasteiger partial charge in [-0.25, -0.2) is 0 Å². The Bertz CT molecular complexity index is 399. The molecule has 1 saturated carbocycles. The molecule has 0 aromatic rings. The molecule has 2 amide bonds. The normalized spacial score (nSPS) is 32.1. The molecule has 3 aliphatic rings. The predicted molar refractivity (Wildman–Crippen MR) is 77.1 cm³/mol. The molecule has 4 nitrogen and oxygen atoms in total. The van der Waals surface area contributed by atoms with Crippen LogP contribution in [0.25, 0.3) is 0 Å². The van der Waals surface area contributed by atoms with Crippen LogP contribution < -0.4 is 0 Å². The summed E-state index contributed by atoms with van der Waals surface area (Å²) in [5, 5.41) is 0. The molecule has 1 aliphatic carbocycles. The first-order chi connectivity index (χ1) is 9.62. The highest BCUT2D eigenvalue weighted by Crippen LogP contribution is 2.40. The fourth-order valence-electron chi connectivity index (χ4n) is 4.30. The summed E-state index contributed by atoms with van der Waals surface area (Å²) in [6.07, 6.45) is 8.64. The van der Waals surface area contributed by atoms with Crippen molar-refractivity contribution in [3.05, 3.63) is 0 Å². The number of amides is 2. The molecule has 112 valence electrons. The van der Waals surface area contributed by atoms with Crippen molar-refractivity contribution in [3.63, 3.8) is 0 Å². The van der Waals surface area contributed by atoms with Crippen LogP contribution >= 0.6 is 0 Å². The van der Waals surface area contributed by atoms with Crippen molar-refractivity contribution in [1.29, 1.82) is 0 Å². The summed E-state index contributed by atoms with van der Waals surface area (Å²) in [7, 11) is 1.89. The van der Waals surface area contributed by atoms with Gasteiger partial charge < -0.3 is 9.80 Å². The monoisotopic (exact) mass is 278 g/mol. The lowest BCUT2D eigenvalue weighted by Gasteiger charge is -2.40. The third kappa shape index (κ3) is 2.33. The molecule has 2 saturated heterocycles. The maximum Gasteiger partial charge on any atom is 0.230 e. The van der Waals surface area contributed by atoms with Gasteiger partial charge in [0.25, 0.3) is 0 Å². The van der Waals surface area contributed by atoms with Gasteiger partial charge in [0.05, 0.1) is 5.41 Å². The Morgan fingerprint density at radius 3 is 2.50 bits per heavy atom. The van der Waals surface area contributed by atoms with Crippen LogP contribution in [0.3, 0.4) is 0 Å². The second-order valence-electron chi connectivity index (χ2n) is 6.96. The maximum absolute atomic E-state index is 12.7. The van der Waals surface area contributed by atoms with E-state index in [9.17, 15) is 9.59 Å². The Morgan fingerprint density at radius 1 is 1.10 bits per heavy atom. The number of hydrogen-bond donors (Lipinski definition) is 0. The summed E-state index contributed by atoms with van der Waals surface area (Å²) < 4.78 is 0. The molecule has 3 fully saturated rings. The van der Waals surface area contributed by atoms with E-state index in [1.165, 1.54) is 19.3 Å². The molecule has 1 atom stereocenters. The van der Waals surface area contributed by atoms with Crippen LogP contribution in [-0.2, 0) is 9.59 Å². The Kier molecular flexibility index (Phi) is 3.74. The van der Waals surface area contributed by atoms with Gasteiger partial charge in [0.15, 0.2) is 0 Å². The van der Waals surface area contributed by atoms with E-state index in [-0.39, 0.29) is 17.2 Å². The topological polar surface area (TPSA) is 40.6 Å². The Hall–Kier alpha value is -1.06. The number of carbonyl (C=O) groups is 2. The zero-order chi connectivity index (χ0) is 14.2. The van der Waals surface area contributed by atoms with Gasteiger partial charge in [-0.15, -0.1) is 0 Å². The minimum Gasteiger partial charge on any atom is -0.345 e. The highest BCUT2D eigenvalue weighted by atomic mass is 16.2. The van der Waals surface area contributed by atoms with Crippen molar-refractivity contribution < 1.29 is 9.59 Å². The molecule has 0 radical (unpaired) electrons. The van der Waals surface area contributed by atoms with Crippen LogP contribution in [0.15, 0.2) is 0 Å². The second kappa shape index (κ2) is 5.38. The first kappa shape index (κ1) is 13.9. The van der Waals surface area contributed by atoms with Crippen LogP contribution in [0.1, 0.15) is 51.4 Å². The number of likely N-dealkylation sites (tertiary alicyclic amines) is 2. The van der Waals surface area contributed by atoms with E-state index in [1.807, 2.05) is 16.8 Å². The molecular weight excluding hydrogens is 252 g/mol. The van der Waals surface area contributed by atoms with E-state index in [1.54, 1.807) is 0 Å². The van der Waals surface area contributed by atoms with Crippen LogP contribution in [-0.4, -0.2) is 48.3 Å². The summed E-state index contributed by atoms with van der Waals surface area (Å²) in [5.74, 6) is 0.818. The number of carbonyl (C=O) groups excluding carboxylic acids is 2. The molecule has 3 rings (SSSR count).